The Bertz CT molecular complexity index is 379. The molecule has 0 unspecified atom stereocenters. The molecule has 0 radical (unpaired) electrons. The first-order valence-corrected chi connectivity index (χ1v) is 5.05. The maximum Gasteiger partial charge on any atom is 0.307 e. The summed E-state index contributed by atoms with van der Waals surface area (Å²) in [4.78, 5) is 17.2. The van der Waals surface area contributed by atoms with E-state index in [1.54, 1.807) is 0 Å². The molecular formula is C11H17N3O2. The van der Waals surface area contributed by atoms with Crippen molar-refractivity contribution in [2.75, 3.05) is 31.3 Å². The molecule has 0 saturated carbocycles. The van der Waals surface area contributed by atoms with Crippen LogP contribution in [0.1, 0.15) is 12.1 Å². The Morgan fingerprint density at radius 2 is 2.25 bits per heavy atom. The molecule has 5 heteroatoms. The largest absolute Gasteiger partial charge is 0.469 e. The number of pyridine rings is 1. The Labute approximate surface area is 95.2 Å². The van der Waals surface area contributed by atoms with Crippen LogP contribution in [0, 0.1) is 6.92 Å². The van der Waals surface area contributed by atoms with E-state index >= 15 is 0 Å². The van der Waals surface area contributed by atoms with Gasteiger partial charge in [0.1, 0.15) is 5.82 Å². The summed E-state index contributed by atoms with van der Waals surface area (Å²) in [7, 11) is 3.26. The fourth-order valence-corrected chi connectivity index (χ4v) is 1.25. The van der Waals surface area contributed by atoms with Crippen LogP contribution in [0.3, 0.4) is 0 Å². The van der Waals surface area contributed by atoms with Crippen LogP contribution >= 0.6 is 0 Å². The van der Waals surface area contributed by atoms with Crippen LogP contribution in [0.25, 0.3) is 0 Å². The quantitative estimate of drug-likeness (QED) is 0.770. The molecule has 0 aliphatic carbocycles. The van der Waals surface area contributed by atoms with Gasteiger partial charge in [-0.05, 0) is 19.1 Å². The molecule has 1 aromatic heterocycles. The highest BCUT2D eigenvalue weighted by Gasteiger charge is 2.07. The minimum atomic E-state index is -0.223. The Balaban J connectivity index is 2.62. The van der Waals surface area contributed by atoms with Crippen LogP contribution in [-0.4, -0.2) is 31.7 Å². The van der Waals surface area contributed by atoms with Crippen LogP contribution in [0.4, 0.5) is 11.5 Å². The molecule has 0 atom stereocenters. The van der Waals surface area contributed by atoms with E-state index in [-0.39, 0.29) is 5.97 Å². The summed E-state index contributed by atoms with van der Waals surface area (Å²) in [6.07, 6.45) is 0.345. The van der Waals surface area contributed by atoms with E-state index in [1.165, 1.54) is 7.11 Å². The molecule has 1 heterocycles. The first kappa shape index (κ1) is 12.3. The number of anilines is 2. The lowest BCUT2D eigenvalue weighted by atomic mass is 10.3. The molecule has 1 rings (SSSR count). The molecule has 0 saturated heterocycles. The van der Waals surface area contributed by atoms with Crippen molar-refractivity contribution in [1.29, 1.82) is 0 Å². The Hall–Kier alpha value is -1.78. The van der Waals surface area contributed by atoms with Crippen molar-refractivity contribution < 1.29 is 9.53 Å². The average Bonchev–Trinajstić information content (AvgIpc) is 2.29. The third-order valence-electron chi connectivity index (χ3n) is 2.38. The van der Waals surface area contributed by atoms with Crippen molar-refractivity contribution in [1.82, 2.24) is 4.98 Å². The van der Waals surface area contributed by atoms with Crippen LogP contribution in [0.15, 0.2) is 12.1 Å². The molecule has 16 heavy (non-hydrogen) atoms. The number of hydrogen-bond acceptors (Lipinski definition) is 5. The lowest BCUT2D eigenvalue weighted by molar-refractivity contribution is -0.140. The molecule has 88 valence electrons. The Morgan fingerprint density at radius 1 is 1.56 bits per heavy atom. The number of nitrogen functional groups attached to an aromatic ring is 1. The van der Waals surface area contributed by atoms with Gasteiger partial charge < -0.3 is 15.4 Å². The summed E-state index contributed by atoms with van der Waals surface area (Å²) in [5, 5.41) is 0. The van der Waals surface area contributed by atoms with E-state index in [0.717, 1.165) is 11.5 Å². The number of rotatable bonds is 4. The van der Waals surface area contributed by atoms with Crippen molar-refractivity contribution in [2.45, 2.75) is 13.3 Å². The second kappa shape index (κ2) is 5.34. The molecule has 1 aromatic rings. The summed E-state index contributed by atoms with van der Waals surface area (Å²) in [5.74, 6) is 0.578. The fraction of sp³-hybridized carbons (Fsp3) is 0.455. The Morgan fingerprint density at radius 3 is 2.81 bits per heavy atom. The maximum atomic E-state index is 11.0. The smallest absolute Gasteiger partial charge is 0.307 e. The molecular weight excluding hydrogens is 206 g/mol. The van der Waals surface area contributed by atoms with Crippen molar-refractivity contribution in [3.05, 3.63) is 17.8 Å². The first-order chi connectivity index (χ1) is 7.54. The van der Waals surface area contributed by atoms with Gasteiger partial charge in [0.25, 0.3) is 0 Å². The van der Waals surface area contributed by atoms with E-state index in [0.29, 0.717) is 18.7 Å². The van der Waals surface area contributed by atoms with Gasteiger partial charge in [-0.3, -0.25) is 4.79 Å². The van der Waals surface area contributed by atoms with Crippen molar-refractivity contribution >= 4 is 17.5 Å². The van der Waals surface area contributed by atoms with Crippen LogP contribution in [0.5, 0.6) is 0 Å². The molecule has 2 N–H and O–H groups in total. The number of ether oxygens (including phenoxy) is 1. The SMILES string of the molecule is COC(=O)CCN(C)c1ccc(N)c(C)n1. The van der Waals surface area contributed by atoms with Crippen molar-refractivity contribution in [3.63, 3.8) is 0 Å². The zero-order chi connectivity index (χ0) is 12.1. The summed E-state index contributed by atoms with van der Waals surface area (Å²) >= 11 is 0. The number of nitrogens with two attached hydrogens (primary N) is 1. The highest BCUT2D eigenvalue weighted by Crippen LogP contribution is 2.14. The predicted octanol–water partition coefficient (Wildman–Crippen LogP) is 0.972. The topological polar surface area (TPSA) is 68.5 Å². The number of hydrogen-bond donors (Lipinski definition) is 1. The Kier molecular flexibility index (Phi) is 4.10. The number of aryl methyl sites for hydroxylation is 1. The van der Waals surface area contributed by atoms with Gasteiger partial charge in [-0.25, -0.2) is 4.98 Å². The summed E-state index contributed by atoms with van der Waals surface area (Å²) in [5.41, 5.74) is 7.14. The van der Waals surface area contributed by atoms with Crippen molar-refractivity contribution in [3.8, 4) is 0 Å². The minimum Gasteiger partial charge on any atom is -0.469 e. The molecule has 0 aliphatic rings. The zero-order valence-corrected chi connectivity index (χ0v) is 9.86. The minimum absolute atomic E-state index is 0.223. The van der Waals surface area contributed by atoms with Gasteiger partial charge >= 0.3 is 5.97 Å². The maximum absolute atomic E-state index is 11.0. The molecule has 0 aromatic carbocycles. The molecule has 0 aliphatic heterocycles. The van der Waals surface area contributed by atoms with Crippen LogP contribution in [0.2, 0.25) is 0 Å². The normalized spacial score (nSPS) is 9.94. The van der Waals surface area contributed by atoms with Gasteiger partial charge in [0.15, 0.2) is 0 Å². The van der Waals surface area contributed by atoms with Gasteiger partial charge in [0, 0.05) is 13.6 Å². The standard InChI is InChI=1S/C11H17N3O2/c1-8-9(12)4-5-10(13-8)14(2)7-6-11(15)16-3/h4-5H,6-7,12H2,1-3H3. The highest BCUT2D eigenvalue weighted by molar-refractivity contribution is 5.69. The van der Waals surface area contributed by atoms with Gasteiger partial charge in [-0.2, -0.15) is 0 Å². The van der Waals surface area contributed by atoms with Gasteiger partial charge in [0.05, 0.1) is 24.9 Å². The van der Waals surface area contributed by atoms with E-state index < -0.39 is 0 Å². The highest BCUT2D eigenvalue weighted by atomic mass is 16.5. The van der Waals surface area contributed by atoms with Gasteiger partial charge in [0.2, 0.25) is 0 Å². The zero-order valence-electron chi connectivity index (χ0n) is 9.86. The molecule has 0 bridgehead atoms. The lowest BCUT2D eigenvalue weighted by Crippen LogP contribution is -2.22. The molecule has 0 spiro atoms. The summed E-state index contributed by atoms with van der Waals surface area (Å²) in [6, 6.07) is 3.64. The number of nitrogens with zero attached hydrogens (tertiary/aromatic N) is 2. The van der Waals surface area contributed by atoms with E-state index in [9.17, 15) is 4.79 Å². The number of carbonyl (C=O) groups excluding carboxylic acids is 1. The predicted molar refractivity (Wildman–Crippen MR) is 63.3 cm³/mol. The third-order valence-corrected chi connectivity index (χ3v) is 2.38. The van der Waals surface area contributed by atoms with E-state index in [4.69, 9.17) is 5.73 Å². The summed E-state index contributed by atoms with van der Waals surface area (Å²) < 4.78 is 4.57. The van der Waals surface area contributed by atoms with Crippen LogP contribution < -0.4 is 10.6 Å². The van der Waals surface area contributed by atoms with Gasteiger partial charge in [-0.15, -0.1) is 0 Å². The first-order valence-electron chi connectivity index (χ1n) is 5.05. The van der Waals surface area contributed by atoms with E-state index in [2.05, 4.69) is 9.72 Å². The van der Waals surface area contributed by atoms with E-state index in [1.807, 2.05) is 31.0 Å². The third kappa shape index (κ3) is 3.12. The van der Waals surface area contributed by atoms with Crippen molar-refractivity contribution in [2.24, 2.45) is 0 Å². The summed E-state index contributed by atoms with van der Waals surface area (Å²) in [6.45, 7) is 2.43. The lowest BCUT2D eigenvalue weighted by Gasteiger charge is -2.18. The number of methoxy groups -OCH3 is 1. The number of esters is 1. The molecule has 5 nitrogen and oxygen atoms in total. The average molecular weight is 223 g/mol. The van der Waals surface area contributed by atoms with Gasteiger partial charge in [-0.1, -0.05) is 0 Å². The molecule has 0 fully saturated rings. The number of carbonyl (C=O) groups is 1. The second-order valence-electron chi connectivity index (χ2n) is 3.59. The fourth-order valence-electron chi connectivity index (χ4n) is 1.25. The monoisotopic (exact) mass is 223 g/mol. The molecule has 0 amide bonds. The second-order valence-corrected chi connectivity index (χ2v) is 3.59. The number of aromatic nitrogens is 1. The van der Waals surface area contributed by atoms with Crippen LogP contribution in [-0.2, 0) is 9.53 Å².